The molecular formula is C25H26N2O5S. The van der Waals surface area contributed by atoms with Crippen molar-refractivity contribution in [2.75, 3.05) is 52.9 Å². The van der Waals surface area contributed by atoms with Gasteiger partial charge >= 0.3 is 0 Å². The Morgan fingerprint density at radius 3 is 1.94 bits per heavy atom. The number of thiophene rings is 1. The van der Waals surface area contributed by atoms with E-state index in [1.807, 2.05) is 12.1 Å². The van der Waals surface area contributed by atoms with Gasteiger partial charge in [0.15, 0.2) is 11.5 Å². The summed E-state index contributed by atoms with van der Waals surface area (Å²) in [7, 11) is 0. The highest BCUT2D eigenvalue weighted by molar-refractivity contribution is 7.13. The molecule has 1 aliphatic rings. The molecule has 7 nitrogen and oxygen atoms in total. The van der Waals surface area contributed by atoms with Gasteiger partial charge in [0.1, 0.15) is 19.0 Å². The molecule has 172 valence electrons. The summed E-state index contributed by atoms with van der Waals surface area (Å²) >= 11 is 1.73. The Morgan fingerprint density at radius 2 is 1.30 bits per heavy atom. The number of benzene rings is 2. The topological polar surface area (TPSA) is 74.8 Å². The van der Waals surface area contributed by atoms with Crippen LogP contribution in [0.15, 0.2) is 53.9 Å². The van der Waals surface area contributed by atoms with E-state index < -0.39 is 0 Å². The molecule has 0 radical (unpaired) electrons. The molecule has 2 aromatic heterocycles. The summed E-state index contributed by atoms with van der Waals surface area (Å²) in [6.07, 6.45) is 0. The summed E-state index contributed by atoms with van der Waals surface area (Å²) in [5.74, 6) is 2.10. The van der Waals surface area contributed by atoms with Crippen molar-refractivity contribution in [3.8, 4) is 33.3 Å². The first kappa shape index (κ1) is 21.9. The Bertz CT molecular complexity index is 1110. The van der Waals surface area contributed by atoms with Crippen LogP contribution < -0.4 is 9.47 Å². The van der Waals surface area contributed by atoms with Crippen molar-refractivity contribution in [2.24, 2.45) is 0 Å². The molecule has 33 heavy (non-hydrogen) atoms. The first-order valence-electron chi connectivity index (χ1n) is 11.0. The van der Waals surface area contributed by atoms with E-state index in [4.69, 9.17) is 28.7 Å². The number of H-pyrrole nitrogens is 1. The third-order valence-electron chi connectivity index (χ3n) is 5.23. The normalized spacial score (nSPS) is 16.2. The van der Waals surface area contributed by atoms with Gasteiger partial charge in [0.05, 0.1) is 50.7 Å². The van der Waals surface area contributed by atoms with Crippen LogP contribution in [-0.4, -0.2) is 62.8 Å². The van der Waals surface area contributed by atoms with Gasteiger partial charge in [0.2, 0.25) is 0 Å². The summed E-state index contributed by atoms with van der Waals surface area (Å²) in [6.45, 7) is 3.93. The van der Waals surface area contributed by atoms with E-state index in [1.165, 1.54) is 10.4 Å². The number of nitrogens with zero attached hydrogens (tertiary/aromatic N) is 1. The minimum absolute atomic E-state index is 0.416. The maximum Gasteiger partial charge on any atom is 0.163 e. The van der Waals surface area contributed by atoms with Gasteiger partial charge in [-0.3, -0.25) is 0 Å². The quantitative estimate of drug-likeness (QED) is 0.458. The minimum Gasteiger partial charge on any atom is -0.487 e. The number of imidazole rings is 1. The molecule has 0 saturated carbocycles. The Labute approximate surface area is 196 Å². The number of hydrogen-bond acceptors (Lipinski definition) is 7. The molecule has 1 aliphatic heterocycles. The monoisotopic (exact) mass is 466 g/mol. The lowest BCUT2D eigenvalue weighted by molar-refractivity contribution is 0.00708. The van der Waals surface area contributed by atoms with Gasteiger partial charge in [-0.05, 0) is 17.0 Å². The third-order valence-corrected chi connectivity index (χ3v) is 6.14. The van der Waals surface area contributed by atoms with Gasteiger partial charge in [0.25, 0.3) is 0 Å². The number of aromatic amines is 1. The zero-order valence-electron chi connectivity index (χ0n) is 18.2. The second kappa shape index (κ2) is 10.8. The van der Waals surface area contributed by atoms with Crippen molar-refractivity contribution in [1.82, 2.24) is 9.97 Å². The lowest BCUT2D eigenvalue weighted by Gasteiger charge is -2.13. The molecule has 5 rings (SSSR count). The zero-order valence-corrected chi connectivity index (χ0v) is 19.1. The van der Waals surface area contributed by atoms with Crippen molar-refractivity contribution in [2.45, 2.75) is 0 Å². The minimum atomic E-state index is 0.416. The third kappa shape index (κ3) is 5.54. The van der Waals surface area contributed by atoms with Gasteiger partial charge in [-0.2, -0.15) is 0 Å². The Kier molecular flexibility index (Phi) is 7.17. The molecule has 0 saturated heterocycles. The van der Waals surface area contributed by atoms with Crippen LogP contribution in [0.2, 0.25) is 0 Å². The van der Waals surface area contributed by atoms with Crippen molar-refractivity contribution in [3.05, 3.63) is 53.9 Å². The fourth-order valence-electron chi connectivity index (χ4n) is 3.58. The lowest BCUT2D eigenvalue weighted by Crippen LogP contribution is -2.13. The van der Waals surface area contributed by atoms with E-state index >= 15 is 0 Å². The van der Waals surface area contributed by atoms with Crippen LogP contribution in [0.25, 0.3) is 32.9 Å². The Morgan fingerprint density at radius 1 is 0.697 bits per heavy atom. The molecule has 0 aliphatic carbocycles. The van der Waals surface area contributed by atoms with Crippen LogP contribution in [0.4, 0.5) is 0 Å². The summed E-state index contributed by atoms with van der Waals surface area (Å²) < 4.78 is 28.5. The number of rotatable bonds is 2. The number of ether oxygens (including phenoxy) is 5. The van der Waals surface area contributed by atoms with Crippen LogP contribution in [0.5, 0.6) is 11.5 Å². The largest absolute Gasteiger partial charge is 0.487 e. The predicted octanol–water partition coefficient (Wildman–Crippen LogP) is 4.78. The molecule has 0 unspecified atom stereocenters. The molecule has 2 aromatic carbocycles. The Hall–Kier alpha value is -2.91. The zero-order chi connectivity index (χ0) is 22.3. The highest BCUT2D eigenvalue weighted by Crippen LogP contribution is 2.34. The van der Waals surface area contributed by atoms with Gasteiger partial charge in [-0.15, -0.1) is 11.3 Å². The van der Waals surface area contributed by atoms with E-state index in [2.05, 4.69) is 46.8 Å². The van der Waals surface area contributed by atoms with Crippen molar-refractivity contribution < 1.29 is 23.7 Å². The number of fused-ring (bicyclic) bond motifs is 2. The van der Waals surface area contributed by atoms with E-state index in [0.29, 0.717) is 64.4 Å². The highest BCUT2D eigenvalue weighted by Gasteiger charge is 2.13. The van der Waals surface area contributed by atoms with Crippen LogP contribution in [-0.2, 0) is 14.2 Å². The molecule has 0 amide bonds. The van der Waals surface area contributed by atoms with Crippen molar-refractivity contribution in [1.29, 1.82) is 0 Å². The first-order chi connectivity index (χ1) is 16.4. The lowest BCUT2D eigenvalue weighted by atomic mass is 10.1. The standard InChI is InChI=1S/C25H26N2O5S/c1-2-24(33-15-1)18-3-5-19(6-4-18)25-26-20-16-22-23(17-21(20)27-25)32-14-12-30-10-8-28-7-9-29-11-13-31-22/h1-6,15-17H,7-14H2,(H,26,27). The van der Waals surface area contributed by atoms with Gasteiger partial charge in [-0.25, -0.2) is 4.98 Å². The van der Waals surface area contributed by atoms with Crippen LogP contribution in [0.3, 0.4) is 0 Å². The second-order valence-electron chi connectivity index (χ2n) is 7.49. The van der Waals surface area contributed by atoms with E-state index in [9.17, 15) is 0 Å². The number of hydrogen-bond donors (Lipinski definition) is 1. The first-order valence-corrected chi connectivity index (χ1v) is 11.9. The summed E-state index contributed by atoms with van der Waals surface area (Å²) in [5, 5.41) is 2.09. The molecule has 0 fully saturated rings. The smallest absolute Gasteiger partial charge is 0.163 e. The summed E-state index contributed by atoms with van der Waals surface area (Å²) in [4.78, 5) is 9.46. The predicted molar refractivity (Wildman–Crippen MR) is 128 cm³/mol. The van der Waals surface area contributed by atoms with E-state index in [0.717, 1.165) is 22.4 Å². The fraction of sp³-hybridized carbons (Fsp3) is 0.320. The number of nitrogens with one attached hydrogen (secondary N) is 1. The maximum atomic E-state index is 5.97. The molecule has 0 atom stereocenters. The molecule has 0 bridgehead atoms. The van der Waals surface area contributed by atoms with Crippen molar-refractivity contribution >= 4 is 22.4 Å². The molecule has 0 spiro atoms. The van der Waals surface area contributed by atoms with E-state index in [1.54, 1.807) is 11.3 Å². The van der Waals surface area contributed by atoms with Gasteiger partial charge in [-0.1, -0.05) is 30.3 Å². The van der Waals surface area contributed by atoms with Crippen molar-refractivity contribution in [3.63, 3.8) is 0 Å². The molecule has 1 N–H and O–H groups in total. The fourth-order valence-corrected chi connectivity index (χ4v) is 4.31. The molecule has 4 aromatic rings. The highest BCUT2D eigenvalue weighted by atomic mass is 32.1. The van der Waals surface area contributed by atoms with Crippen LogP contribution in [0.1, 0.15) is 0 Å². The maximum absolute atomic E-state index is 5.97. The Balaban J connectivity index is 1.37. The van der Waals surface area contributed by atoms with Crippen LogP contribution in [0, 0.1) is 0 Å². The summed E-state index contributed by atoms with van der Waals surface area (Å²) in [5.41, 5.74) is 3.93. The average molecular weight is 467 g/mol. The number of aromatic nitrogens is 2. The molecular weight excluding hydrogens is 440 g/mol. The van der Waals surface area contributed by atoms with Gasteiger partial charge in [0, 0.05) is 22.6 Å². The molecule has 8 heteroatoms. The van der Waals surface area contributed by atoms with Crippen LogP contribution >= 0.6 is 11.3 Å². The van der Waals surface area contributed by atoms with Gasteiger partial charge < -0.3 is 28.7 Å². The molecule has 3 heterocycles. The van der Waals surface area contributed by atoms with E-state index in [-0.39, 0.29) is 0 Å². The second-order valence-corrected chi connectivity index (χ2v) is 8.44. The summed E-state index contributed by atoms with van der Waals surface area (Å²) in [6, 6.07) is 16.5. The average Bonchev–Trinajstić information content (AvgIpc) is 3.51. The SMILES string of the molecule is c1csc(-c2ccc(-c3nc4cc5c(cc4[nH]3)OCCOCCOCCOCCO5)cc2)c1.